The van der Waals surface area contributed by atoms with Gasteiger partial charge in [0.1, 0.15) is 0 Å². The van der Waals surface area contributed by atoms with Gasteiger partial charge in [0.15, 0.2) is 0 Å². The van der Waals surface area contributed by atoms with Crippen molar-refractivity contribution < 1.29 is 9.59 Å². The molecule has 1 aromatic rings. The van der Waals surface area contributed by atoms with Crippen molar-refractivity contribution in [3.8, 4) is 0 Å². The zero-order valence-corrected chi connectivity index (χ0v) is 9.77. The van der Waals surface area contributed by atoms with E-state index in [2.05, 4.69) is 5.32 Å². The number of hydrogen-bond donors (Lipinski definition) is 3. The van der Waals surface area contributed by atoms with Crippen molar-refractivity contribution in [1.82, 2.24) is 5.32 Å². The lowest BCUT2D eigenvalue weighted by molar-refractivity contribution is -0.124. The Kier molecular flexibility index (Phi) is 4.66. The molecule has 0 saturated heterocycles. The van der Waals surface area contributed by atoms with Gasteiger partial charge in [-0.25, -0.2) is 0 Å². The average Bonchev–Trinajstić information content (AvgIpc) is 2.35. The SMILES string of the molecule is CC(CN)C(=O)NCc1ccc(C(N)=O)cc1. The summed E-state index contributed by atoms with van der Waals surface area (Å²) in [4.78, 5) is 22.3. The molecular formula is C12H17N3O2. The molecule has 0 aromatic heterocycles. The van der Waals surface area contributed by atoms with E-state index in [9.17, 15) is 9.59 Å². The smallest absolute Gasteiger partial charge is 0.248 e. The molecule has 0 radical (unpaired) electrons. The fourth-order valence-corrected chi connectivity index (χ4v) is 1.26. The highest BCUT2D eigenvalue weighted by atomic mass is 16.2. The van der Waals surface area contributed by atoms with Crippen LogP contribution in [0.2, 0.25) is 0 Å². The summed E-state index contributed by atoms with van der Waals surface area (Å²) in [5.41, 5.74) is 11.9. The second-order valence-corrected chi connectivity index (χ2v) is 3.92. The molecule has 1 unspecified atom stereocenters. The Morgan fingerprint density at radius 2 is 1.88 bits per heavy atom. The van der Waals surface area contributed by atoms with Crippen LogP contribution in [0.3, 0.4) is 0 Å². The largest absolute Gasteiger partial charge is 0.366 e. The summed E-state index contributed by atoms with van der Waals surface area (Å²) < 4.78 is 0. The monoisotopic (exact) mass is 235 g/mol. The summed E-state index contributed by atoms with van der Waals surface area (Å²) in [5.74, 6) is -0.733. The van der Waals surface area contributed by atoms with Gasteiger partial charge in [-0.2, -0.15) is 0 Å². The molecular weight excluding hydrogens is 218 g/mol. The van der Waals surface area contributed by atoms with E-state index in [1.807, 2.05) is 0 Å². The van der Waals surface area contributed by atoms with E-state index in [0.29, 0.717) is 18.7 Å². The predicted molar refractivity (Wildman–Crippen MR) is 65.0 cm³/mol. The van der Waals surface area contributed by atoms with Gasteiger partial charge in [0.2, 0.25) is 11.8 Å². The molecule has 5 nitrogen and oxygen atoms in total. The first-order valence-electron chi connectivity index (χ1n) is 5.41. The highest BCUT2D eigenvalue weighted by Crippen LogP contribution is 2.04. The van der Waals surface area contributed by atoms with Gasteiger partial charge in [-0.1, -0.05) is 19.1 Å². The molecule has 0 aliphatic rings. The third-order valence-corrected chi connectivity index (χ3v) is 2.51. The molecule has 0 heterocycles. The minimum Gasteiger partial charge on any atom is -0.366 e. The van der Waals surface area contributed by atoms with Crippen molar-refractivity contribution >= 4 is 11.8 Å². The van der Waals surface area contributed by atoms with Crippen molar-refractivity contribution in [2.24, 2.45) is 17.4 Å². The molecule has 0 fully saturated rings. The number of carbonyl (C=O) groups is 2. The summed E-state index contributed by atoms with van der Waals surface area (Å²) in [6.45, 7) is 2.51. The quantitative estimate of drug-likeness (QED) is 0.669. The van der Waals surface area contributed by atoms with Gasteiger partial charge < -0.3 is 16.8 Å². The Hall–Kier alpha value is -1.88. The fourth-order valence-electron chi connectivity index (χ4n) is 1.26. The second-order valence-electron chi connectivity index (χ2n) is 3.92. The van der Waals surface area contributed by atoms with Gasteiger partial charge in [0, 0.05) is 24.6 Å². The Bertz CT molecular complexity index is 401. The van der Waals surface area contributed by atoms with E-state index < -0.39 is 5.91 Å². The Labute approximate surface area is 100 Å². The topological polar surface area (TPSA) is 98.2 Å². The Balaban J connectivity index is 2.53. The third-order valence-electron chi connectivity index (χ3n) is 2.51. The molecule has 2 amide bonds. The first-order valence-corrected chi connectivity index (χ1v) is 5.41. The third kappa shape index (κ3) is 3.88. The van der Waals surface area contributed by atoms with Gasteiger partial charge in [0.05, 0.1) is 0 Å². The number of primary amides is 1. The standard InChI is InChI=1S/C12H17N3O2/c1-8(6-13)12(17)15-7-9-2-4-10(5-3-9)11(14)16/h2-5,8H,6-7,13H2,1H3,(H2,14,16)(H,15,17). The van der Waals surface area contributed by atoms with Crippen LogP contribution in [0.4, 0.5) is 0 Å². The van der Waals surface area contributed by atoms with E-state index in [4.69, 9.17) is 11.5 Å². The molecule has 0 aliphatic heterocycles. The maximum atomic E-state index is 11.5. The molecule has 1 rings (SSSR count). The molecule has 0 bridgehead atoms. The molecule has 92 valence electrons. The van der Waals surface area contributed by atoms with Gasteiger partial charge in [-0.05, 0) is 17.7 Å². The molecule has 5 heteroatoms. The average molecular weight is 235 g/mol. The van der Waals surface area contributed by atoms with Crippen LogP contribution in [0.25, 0.3) is 0 Å². The number of hydrogen-bond acceptors (Lipinski definition) is 3. The summed E-state index contributed by atoms with van der Waals surface area (Å²) in [5, 5.41) is 2.76. The molecule has 0 spiro atoms. The molecule has 1 atom stereocenters. The first-order chi connectivity index (χ1) is 8.04. The summed E-state index contributed by atoms with van der Waals surface area (Å²) in [6.07, 6.45) is 0. The lowest BCUT2D eigenvalue weighted by Crippen LogP contribution is -2.32. The lowest BCUT2D eigenvalue weighted by atomic mass is 10.1. The number of rotatable bonds is 5. The van der Waals surface area contributed by atoms with Gasteiger partial charge >= 0.3 is 0 Å². The minimum atomic E-state index is -0.461. The van der Waals surface area contributed by atoms with Crippen molar-refractivity contribution in [3.05, 3.63) is 35.4 Å². The maximum Gasteiger partial charge on any atom is 0.248 e. The van der Waals surface area contributed by atoms with Gasteiger partial charge in [-0.3, -0.25) is 9.59 Å². The lowest BCUT2D eigenvalue weighted by Gasteiger charge is -2.09. The molecule has 0 saturated carbocycles. The number of nitrogens with one attached hydrogen (secondary N) is 1. The van der Waals surface area contributed by atoms with Crippen LogP contribution in [0.5, 0.6) is 0 Å². The van der Waals surface area contributed by atoms with Gasteiger partial charge in [-0.15, -0.1) is 0 Å². The van der Waals surface area contributed by atoms with E-state index >= 15 is 0 Å². The van der Waals surface area contributed by atoms with Crippen LogP contribution >= 0.6 is 0 Å². The van der Waals surface area contributed by atoms with Crippen LogP contribution in [0.1, 0.15) is 22.8 Å². The molecule has 1 aromatic carbocycles. The normalized spacial score (nSPS) is 11.9. The van der Waals surface area contributed by atoms with E-state index in [1.165, 1.54) is 0 Å². The summed E-state index contributed by atoms with van der Waals surface area (Å²) >= 11 is 0. The number of nitrogens with two attached hydrogens (primary N) is 2. The highest BCUT2D eigenvalue weighted by molar-refractivity contribution is 5.92. The highest BCUT2D eigenvalue weighted by Gasteiger charge is 2.09. The van der Waals surface area contributed by atoms with Crippen LogP contribution < -0.4 is 16.8 Å². The van der Waals surface area contributed by atoms with E-state index in [-0.39, 0.29) is 11.8 Å². The number of benzene rings is 1. The predicted octanol–water partition coefficient (Wildman–Crippen LogP) is -0.00350. The Morgan fingerprint density at radius 3 is 2.35 bits per heavy atom. The molecule has 17 heavy (non-hydrogen) atoms. The van der Waals surface area contributed by atoms with Crippen molar-refractivity contribution in [2.45, 2.75) is 13.5 Å². The minimum absolute atomic E-state index is 0.0773. The van der Waals surface area contributed by atoms with Crippen LogP contribution in [-0.4, -0.2) is 18.4 Å². The summed E-state index contributed by atoms with van der Waals surface area (Å²) in [7, 11) is 0. The maximum absolute atomic E-state index is 11.5. The summed E-state index contributed by atoms with van der Waals surface area (Å²) in [6, 6.07) is 6.79. The number of carbonyl (C=O) groups excluding carboxylic acids is 2. The van der Waals surface area contributed by atoms with E-state index in [1.54, 1.807) is 31.2 Å². The van der Waals surface area contributed by atoms with Crippen LogP contribution in [0.15, 0.2) is 24.3 Å². The zero-order valence-electron chi connectivity index (χ0n) is 9.77. The fraction of sp³-hybridized carbons (Fsp3) is 0.333. The van der Waals surface area contributed by atoms with E-state index in [0.717, 1.165) is 5.56 Å². The van der Waals surface area contributed by atoms with Crippen LogP contribution in [-0.2, 0) is 11.3 Å². The number of amides is 2. The second kappa shape index (κ2) is 6.00. The first kappa shape index (κ1) is 13.2. The Morgan fingerprint density at radius 1 is 1.29 bits per heavy atom. The molecule has 0 aliphatic carbocycles. The molecule has 5 N–H and O–H groups in total. The van der Waals surface area contributed by atoms with Crippen molar-refractivity contribution in [3.63, 3.8) is 0 Å². The zero-order chi connectivity index (χ0) is 12.8. The van der Waals surface area contributed by atoms with Crippen molar-refractivity contribution in [1.29, 1.82) is 0 Å². The van der Waals surface area contributed by atoms with Gasteiger partial charge in [0.25, 0.3) is 0 Å². The van der Waals surface area contributed by atoms with Crippen LogP contribution in [0, 0.1) is 5.92 Å². The van der Waals surface area contributed by atoms with Crippen molar-refractivity contribution in [2.75, 3.05) is 6.54 Å².